The molecule has 1 aliphatic heterocycles. The lowest BCUT2D eigenvalue weighted by atomic mass is 10.1. The number of nitrogens with zero attached hydrogens (tertiary/aromatic N) is 4. The number of carbonyl (C=O) groups is 1. The molecular weight excluding hydrogens is 424 g/mol. The van der Waals surface area contributed by atoms with Gasteiger partial charge in [-0.25, -0.2) is 18.2 Å². The number of hydrogen-bond acceptors (Lipinski definition) is 6. The summed E-state index contributed by atoms with van der Waals surface area (Å²) in [6.07, 6.45) is 2.36. The third-order valence-corrected chi connectivity index (χ3v) is 7.38. The number of carboxylic acid groups (broad SMARTS) is 1. The summed E-state index contributed by atoms with van der Waals surface area (Å²) in [5.74, 6) is -0.663. The van der Waals surface area contributed by atoms with E-state index in [1.54, 1.807) is 30.5 Å². The molecule has 3 aromatic rings. The maximum atomic E-state index is 13.0. The number of carboxylic acids is 1. The zero-order chi connectivity index (χ0) is 22.2. The first-order valence-corrected chi connectivity index (χ1v) is 11.2. The van der Waals surface area contributed by atoms with Crippen LogP contribution in [0, 0.1) is 0 Å². The van der Waals surface area contributed by atoms with Crippen LogP contribution in [0.5, 0.6) is 5.75 Å². The van der Waals surface area contributed by atoms with Crippen LogP contribution in [0.1, 0.15) is 18.9 Å². The van der Waals surface area contributed by atoms with Crippen LogP contribution in [0.2, 0.25) is 0 Å². The topological polar surface area (TPSA) is 124 Å². The third-order valence-electron chi connectivity index (χ3n) is 5.48. The molecule has 11 heteroatoms. The van der Waals surface area contributed by atoms with E-state index < -0.39 is 28.2 Å². The smallest absolute Gasteiger partial charge is 0.331 e. The summed E-state index contributed by atoms with van der Waals surface area (Å²) < 4.78 is 35.2. The number of methoxy groups -OCH3 is 1. The predicted octanol–water partition coefficient (Wildman–Crippen LogP) is 1.32. The summed E-state index contributed by atoms with van der Waals surface area (Å²) in [4.78, 5) is 28.6. The second-order valence-electron chi connectivity index (χ2n) is 7.29. The number of benzene rings is 1. The highest BCUT2D eigenvalue weighted by Gasteiger charge is 2.32. The van der Waals surface area contributed by atoms with Crippen LogP contribution in [0.3, 0.4) is 0 Å². The maximum Gasteiger partial charge on any atom is 0.331 e. The monoisotopic (exact) mass is 446 g/mol. The molecule has 31 heavy (non-hydrogen) atoms. The summed E-state index contributed by atoms with van der Waals surface area (Å²) in [5, 5.41) is 9.17. The fraction of sp³-hybridized carbons (Fsp3) is 0.350. The number of pyridine rings is 1. The lowest BCUT2D eigenvalue weighted by molar-refractivity contribution is -0.137. The Balaban J connectivity index is 1.61. The van der Waals surface area contributed by atoms with Crippen molar-refractivity contribution in [3.63, 3.8) is 0 Å². The molecule has 0 aliphatic carbocycles. The van der Waals surface area contributed by atoms with E-state index in [1.165, 1.54) is 32.7 Å². The van der Waals surface area contributed by atoms with E-state index in [1.807, 2.05) is 0 Å². The molecule has 1 saturated heterocycles. The minimum absolute atomic E-state index is 0.155. The Morgan fingerprint density at radius 3 is 2.65 bits per heavy atom. The Hall–Kier alpha value is -3.18. The molecule has 4 rings (SSSR count). The Labute approximate surface area is 178 Å². The van der Waals surface area contributed by atoms with E-state index in [0.717, 1.165) is 0 Å². The Bertz CT molecular complexity index is 1290. The number of hydrogen-bond donors (Lipinski definition) is 1. The number of sulfonamides is 1. The third kappa shape index (κ3) is 3.81. The summed E-state index contributed by atoms with van der Waals surface area (Å²) in [7, 11) is -2.22. The van der Waals surface area contributed by atoms with E-state index in [4.69, 9.17) is 9.84 Å². The average molecular weight is 446 g/mol. The van der Waals surface area contributed by atoms with Crippen LogP contribution in [-0.2, 0) is 21.4 Å². The van der Waals surface area contributed by atoms with Crippen molar-refractivity contribution >= 4 is 27.2 Å². The Morgan fingerprint density at radius 2 is 1.97 bits per heavy atom. The molecule has 0 spiro atoms. The quantitative estimate of drug-likeness (QED) is 0.606. The molecule has 1 aliphatic rings. The summed E-state index contributed by atoms with van der Waals surface area (Å²) >= 11 is 0. The molecule has 0 atom stereocenters. The second-order valence-corrected chi connectivity index (χ2v) is 9.23. The summed E-state index contributed by atoms with van der Waals surface area (Å²) in [5.41, 5.74) is 0.398. The minimum Gasteiger partial charge on any atom is -0.497 e. The maximum absolute atomic E-state index is 13.0. The van der Waals surface area contributed by atoms with Gasteiger partial charge in [-0.15, -0.1) is 0 Å². The van der Waals surface area contributed by atoms with Crippen LogP contribution >= 0.6 is 0 Å². The summed E-state index contributed by atoms with van der Waals surface area (Å²) in [6, 6.07) is 9.34. The van der Waals surface area contributed by atoms with E-state index in [-0.39, 0.29) is 24.0 Å². The number of imidazole rings is 1. The number of aliphatic carboxylic acids is 1. The molecule has 0 amide bonds. The van der Waals surface area contributed by atoms with Crippen molar-refractivity contribution in [1.29, 1.82) is 0 Å². The van der Waals surface area contributed by atoms with E-state index in [2.05, 4.69) is 4.98 Å². The van der Waals surface area contributed by atoms with Gasteiger partial charge in [0, 0.05) is 31.4 Å². The highest BCUT2D eigenvalue weighted by atomic mass is 32.2. The lowest BCUT2D eigenvalue weighted by Gasteiger charge is -2.31. The molecule has 10 nitrogen and oxygen atoms in total. The highest BCUT2D eigenvalue weighted by molar-refractivity contribution is 7.89. The summed E-state index contributed by atoms with van der Waals surface area (Å²) in [6.45, 7) is 0.00126. The molecule has 1 N–H and O–H groups in total. The predicted molar refractivity (Wildman–Crippen MR) is 112 cm³/mol. The Morgan fingerprint density at radius 1 is 1.23 bits per heavy atom. The van der Waals surface area contributed by atoms with Crippen LogP contribution in [0.15, 0.2) is 52.3 Å². The SMILES string of the molecule is COc1cccc(S(=O)(=O)N2CCC(n3c(=O)n(CC(=O)O)c4cccnc43)CC2)c1. The van der Waals surface area contributed by atoms with Gasteiger partial charge in [-0.2, -0.15) is 4.31 Å². The zero-order valence-electron chi connectivity index (χ0n) is 16.8. The van der Waals surface area contributed by atoms with Crippen LogP contribution in [-0.4, -0.2) is 58.1 Å². The second kappa shape index (κ2) is 8.16. The molecule has 2 aromatic heterocycles. The fourth-order valence-corrected chi connectivity index (χ4v) is 5.48. The molecule has 1 aromatic carbocycles. The first-order chi connectivity index (χ1) is 14.8. The van der Waals surface area contributed by atoms with Gasteiger partial charge >= 0.3 is 11.7 Å². The van der Waals surface area contributed by atoms with Crippen molar-refractivity contribution in [2.24, 2.45) is 0 Å². The standard InChI is InChI=1S/C20H22N4O6S/c1-30-15-4-2-5-16(12-15)31(28,29)22-10-7-14(8-11-22)24-19-17(6-3-9-21-19)23(20(24)27)13-18(25)26/h2-6,9,12,14H,7-8,10-11,13H2,1H3,(H,25,26). The van der Waals surface area contributed by atoms with Gasteiger partial charge in [0.1, 0.15) is 12.3 Å². The number of ether oxygens (including phenoxy) is 1. The van der Waals surface area contributed by atoms with Crippen molar-refractivity contribution < 1.29 is 23.1 Å². The molecule has 1 fully saturated rings. The minimum atomic E-state index is -3.70. The van der Waals surface area contributed by atoms with Crippen molar-refractivity contribution in [1.82, 2.24) is 18.4 Å². The largest absolute Gasteiger partial charge is 0.497 e. The van der Waals surface area contributed by atoms with Gasteiger partial charge in [0.25, 0.3) is 0 Å². The first-order valence-electron chi connectivity index (χ1n) is 9.74. The number of fused-ring (bicyclic) bond motifs is 1. The van der Waals surface area contributed by atoms with Gasteiger partial charge < -0.3 is 9.84 Å². The van der Waals surface area contributed by atoms with Crippen molar-refractivity contribution in [3.8, 4) is 5.75 Å². The molecule has 0 radical (unpaired) electrons. The molecule has 0 saturated carbocycles. The van der Waals surface area contributed by atoms with Gasteiger partial charge in [-0.3, -0.25) is 13.9 Å². The molecule has 0 bridgehead atoms. The van der Waals surface area contributed by atoms with Crippen molar-refractivity contribution in [2.75, 3.05) is 20.2 Å². The molecule has 0 unspecified atom stereocenters. The fourth-order valence-electron chi connectivity index (χ4n) is 3.98. The number of piperidine rings is 1. The zero-order valence-corrected chi connectivity index (χ0v) is 17.7. The van der Waals surface area contributed by atoms with Gasteiger partial charge in [0.15, 0.2) is 5.65 Å². The first kappa shape index (κ1) is 21.1. The van der Waals surface area contributed by atoms with Crippen molar-refractivity contribution in [2.45, 2.75) is 30.3 Å². The van der Waals surface area contributed by atoms with E-state index in [0.29, 0.717) is 29.8 Å². The van der Waals surface area contributed by atoms with Crippen LogP contribution in [0.4, 0.5) is 0 Å². The van der Waals surface area contributed by atoms with Crippen LogP contribution < -0.4 is 10.4 Å². The Kier molecular flexibility index (Phi) is 5.54. The van der Waals surface area contributed by atoms with Gasteiger partial charge in [-0.1, -0.05) is 6.07 Å². The number of aromatic nitrogens is 3. The normalized spacial score (nSPS) is 15.9. The highest BCUT2D eigenvalue weighted by Crippen LogP contribution is 2.29. The van der Waals surface area contributed by atoms with E-state index >= 15 is 0 Å². The molecule has 164 valence electrons. The average Bonchev–Trinajstić information content (AvgIpc) is 3.05. The lowest BCUT2D eigenvalue weighted by Crippen LogP contribution is -2.41. The van der Waals surface area contributed by atoms with Crippen molar-refractivity contribution in [3.05, 3.63) is 53.1 Å². The van der Waals surface area contributed by atoms with Crippen LogP contribution in [0.25, 0.3) is 11.2 Å². The molecule has 3 heterocycles. The van der Waals surface area contributed by atoms with Gasteiger partial charge in [-0.05, 0) is 37.1 Å². The molecular formula is C20H22N4O6S. The van der Waals surface area contributed by atoms with Gasteiger partial charge in [0.2, 0.25) is 10.0 Å². The number of rotatable bonds is 6. The van der Waals surface area contributed by atoms with Gasteiger partial charge in [0.05, 0.1) is 17.5 Å². The van der Waals surface area contributed by atoms with E-state index in [9.17, 15) is 18.0 Å².